The van der Waals surface area contributed by atoms with Crippen LogP contribution in [0.1, 0.15) is 68.3 Å². The molecule has 3 aliphatic rings. The molecule has 0 bridgehead atoms. The van der Waals surface area contributed by atoms with Crippen molar-refractivity contribution in [2.45, 2.75) is 64.0 Å². The number of hydrogen-bond acceptors (Lipinski definition) is 7. The molecular formula is C33H42FN7O5. The van der Waals surface area contributed by atoms with Crippen molar-refractivity contribution in [3.05, 3.63) is 47.9 Å². The summed E-state index contributed by atoms with van der Waals surface area (Å²) in [5.41, 5.74) is 1.71. The van der Waals surface area contributed by atoms with E-state index in [0.717, 1.165) is 25.2 Å². The maximum Gasteiger partial charge on any atom is 0.407 e. The molecule has 0 spiro atoms. The van der Waals surface area contributed by atoms with Gasteiger partial charge in [-0.2, -0.15) is 0 Å². The van der Waals surface area contributed by atoms with Crippen molar-refractivity contribution in [3.8, 4) is 5.88 Å². The van der Waals surface area contributed by atoms with Crippen LogP contribution in [0, 0.1) is 11.7 Å². The van der Waals surface area contributed by atoms with Crippen LogP contribution in [-0.2, 0) is 4.79 Å². The van der Waals surface area contributed by atoms with Gasteiger partial charge in [-0.1, -0.05) is 6.42 Å². The first-order chi connectivity index (χ1) is 22.3. The Morgan fingerprint density at radius 2 is 1.76 bits per heavy atom. The van der Waals surface area contributed by atoms with Gasteiger partial charge in [-0.05, 0) is 82.8 Å². The van der Waals surface area contributed by atoms with Gasteiger partial charge < -0.3 is 24.2 Å². The van der Waals surface area contributed by atoms with Crippen LogP contribution in [0.2, 0.25) is 0 Å². The molecule has 2 saturated heterocycles. The zero-order valence-electron chi connectivity index (χ0n) is 26.2. The van der Waals surface area contributed by atoms with Gasteiger partial charge in [0.2, 0.25) is 17.7 Å². The van der Waals surface area contributed by atoms with Crippen LogP contribution in [0.25, 0.3) is 11.0 Å². The normalized spacial score (nSPS) is 22.5. The topological polar surface area (TPSA) is 133 Å². The van der Waals surface area contributed by atoms with Gasteiger partial charge in [0.05, 0.1) is 11.7 Å². The number of pyridine rings is 1. The van der Waals surface area contributed by atoms with Crippen LogP contribution in [0.5, 0.6) is 5.88 Å². The fraction of sp³-hybridized carbons (Fsp3) is 0.545. The number of anilines is 1. The van der Waals surface area contributed by atoms with Gasteiger partial charge in [0.25, 0.3) is 5.91 Å². The third-order valence-electron chi connectivity index (χ3n) is 9.58. The van der Waals surface area contributed by atoms with E-state index in [1.807, 2.05) is 22.5 Å². The van der Waals surface area contributed by atoms with E-state index in [1.165, 1.54) is 48.4 Å². The number of piperidine rings is 1. The zero-order chi connectivity index (χ0) is 32.2. The molecule has 1 atom stereocenters. The van der Waals surface area contributed by atoms with Crippen molar-refractivity contribution in [3.63, 3.8) is 0 Å². The number of halogens is 1. The van der Waals surface area contributed by atoms with E-state index < -0.39 is 17.8 Å². The fourth-order valence-electron chi connectivity index (χ4n) is 7.03. The third-order valence-corrected chi connectivity index (χ3v) is 9.58. The Hall–Kier alpha value is -4.26. The van der Waals surface area contributed by atoms with Crippen LogP contribution >= 0.6 is 0 Å². The predicted octanol–water partition coefficient (Wildman–Crippen LogP) is 4.63. The highest BCUT2D eigenvalue weighted by atomic mass is 19.1. The van der Waals surface area contributed by atoms with Crippen LogP contribution < -0.4 is 10.1 Å². The lowest BCUT2D eigenvalue weighted by atomic mass is 9.84. The SMILES string of the molecule is C[C@@H]1CN(C(=O)O)CCN1C(=O)C1CCC(n2c(NC(=O)c3ccc(F)cc3)nc3cnc(OCCN4CCCCC4)cc32)CC1. The maximum absolute atomic E-state index is 13.5. The van der Waals surface area contributed by atoms with Crippen molar-refractivity contribution in [2.24, 2.45) is 5.92 Å². The second-order valence-electron chi connectivity index (χ2n) is 12.6. The molecule has 246 valence electrons. The van der Waals surface area contributed by atoms with Gasteiger partial charge in [-0.15, -0.1) is 0 Å². The Kier molecular flexibility index (Phi) is 9.67. The number of nitrogens with zero attached hydrogens (tertiary/aromatic N) is 6. The summed E-state index contributed by atoms with van der Waals surface area (Å²) in [5.74, 6) is -0.0550. The zero-order valence-corrected chi connectivity index (χ0v) is 26.2. The van der Waals surface area contributed by atoms with Gasteiger partial charge >= 0.3 is 6.09 Å². The molecule has 4 heterocycles. The number of fused-ring (bicyclic) bond motifs is 1. The van der Waals surface area contributed by atoms with Crippen molar-refractivity contribution in [2.75, 3.05) is 51.2 Å². The van der Waals surface area contributed by atoms with Crippen LogP contribution in [0.15, 0.2) is 36.5 Å². The molecule has 6 rings (SSSR count). The average Bonchev–Trinajstić information content (AvgIpc) is 3.42. The van der Waals surface area contributed by atoms with Crippen LogP contribution in [0.3, 0.4) is 0 Å². The van der Waals surface area contributed by atoms with Gasteiger partial charge in [0.1, 0.15) is 17.9 Å². The lowest BCUT2D eigenvalue weighted by Crippen LogP contribution is -2.56. The van der Waals surface area contributed by atoms with Gasteiger partial charge in [-0.25, -0.2) is 19.2 Å². The Balaban J connectivity index is 1.19. The van der Waals surface area contributed by atoms with E-state index in [0.29, 0.717) is 74.8 Å². The van der Waals surface area contributed by atoms with Gasteiger partial charge in [-0.3, -0.25) is 19.8 Å². The minimum Gasteiger partial charge on any atom is -0.476 e. The lowest BCUT2D eigenvalue weighted by Gasteiger charge is -2.41. The van der Waals surface area contributed by atoms with Crippen molar-refractivity contribution in [1.29, 1.82) is 0 Å². The second kappa shape index (κ2) is 14.0. The number of carbonyl (C=O) groups excluding carboxylic acids is 2. The molecule has 0 unspecified atom stereocenters. The standard InChI is InChI=1S/C33H42FN7O5/c1-22-21-39(33(44)45)15-16-40(22)31(43)24-7-11-26(12-8-24)41-28-19-29(46-18-17-38-13-3-2-4-14-38)35-20-27(28)36-32(41)37-30(42)23-5-9-25(34)10-6-23/h5-6,9-10,19-20,22,24,26H,2-4,7-8,11-18,21H2,1H3,(H,44,45)(H,36,37,42)/t22-,24?,26?/m1/s1. The number of nitrogens with one attached hydrogen (secondary N) is 1. The lowest BCUT2D eigenvalue weighted by molar-refractivity contribution is -0.141. The summed E-state index contributed by atoms with van der Waals surface area (Å²) in [7, 11) is 0. The first kappa shape index (κ1) is 31.7. The summed E-state index contributed by atoms with van der Waals surface area (Å²) >= 11 is 0. The van der Waals surface area contributed by atoms with Crippen molar-refractivity contribution >= 4 is 34.9 Å². The fourth-order valence-corrected chi connectivity index (χ4v) is 7.03. The van der Waals surface area contributed by atoms with Gasteiger partial charge in [0, 0.05) is 55.8 Å². The molecule has 2 aliphatic heterocycles. The number of likely N-dealkylation sites (tertiary alicyclic amines) is 1. The number of imidazole rings is 1. The minimum atomic E-state index is -0.958. The van der Waals surface area contributed by atoms with E-state index in [2.05, 4.69) is 15.2 Å². The quantitative estimate of drug-likeness (QED) is 0.366. The molecular weight excluding hydrogens is 593 g/mol. The largest absolute Gasteiger partial charge is 0.476 e. The monoisotopic (exact) mass is 635 g/mol. The van der Waals surface area contributed by atoms with Crippen molar-refractivity contribution in [1.82, 2.24) is 29.2 Å². The third kappa shape index (κ3) is 7.09. The van der Waals surface area contributed by atoms with E-state index >= 15 is 0 Å². The van der Waals surface area contributed by atoms with E-state index in [-0.39, 0.29) is 23.9 Å². The number of rotatable bonds is 8. The Morgan fingerprint density at radius 1 is 1.02 bits per heavy atom. The number of benzene rings is 1. The summed E-state index contributed by atoms with van der Waals surface area (Å²) in [6.45, 7) is 6.44. The highest BCUT2D eigenvalue weighted by Gasteiger charge is 2.36. The van der Waals surface area contributed by atoms with E-state index in [9.17, 15) is 23.9 Å². The number of aromatic nitrogens is 3. The number of ether oxygens (including phenoxy) is 1. The number of hydrogen-bond donors (Lipinski definition) is 2. The Bertz CT molecular complexity index is 1550. The Morgan fingerprint density at radius 3 is 2.46 bits per heavy atom. The molecule has 2 aromatic heterocycles. The number of amides is 3. The molecule has 1 aromatic carbocycles. The molecule has 3 fully saturated rings. The summed E-state index contributed by atoms with van der Waals surface area (Å²) in [5, 5.41) is 12.3. The van der Waals surface area contributed by atoms with Crippen LogP contribution in [0.4, 0.5) is 15.1 Å². The molecule has 2 N–H and O–H groups in total. The number of carbonyl (C=O) groups is 3. The molecule has 1 saturated carbocycles. The minimum absolute atomic E-state index is 0.0394. The highest BCUT2D eigenvalue weighted by molar-refractivity contribution is 6.04. The molecule has 13 heteroatoms. The van der Waals surface area contributed by atoms with Crippen LogP contribution in [-0.4, -0.2) is 104 Å². The molecule has 3 aromatic rings. The maximum atomic E-state index is 13.5. The molecule has 12 nitrogen and oxygen atoms in total. The Labute approximate surface area is 267 Å². The van der Waals surface area contributed by atoms with E-state index in [4.69, 9.17) is 9.72 Å². The predicted molar refractivity (Wildman–Crippen MR) is 169 cm³/mol. The van der Waals surface area contributed by atoms with Crippen molar-refractivity contribution < 1.29 is 28.6 Å². The summed E-state index contributed by atoms with van der Waals surface area (Å²) in [6.07, 6.45) is 7.10. The molecule has 0 radical (unpaired) electrons. The molecule has 1 aliphatic carbocycles. The smallest absolute Gasteiger partial charge is 0.407 e. The number of carboxylic acid groups (broad SMARTS) is 1. The van der Waals surface area contributed by atoms with E-state index in [1.54, 1.807) is 6.20 Å². The molecule has 46 heavy (non-hydrogen) atoms. The highest BCUT2D eigenvalue weighted by Crippen LogP contribution is 2.38. The second-order valence-corrected chi connectivity index (χ2v) is 12.6. The summed E-state index contributed by atoms with van der Waals surface area (Å²) < 4.78 is 21.6. The summed E-state index contributed by atoms with van der Waals surface area (Å²) in [4.78, 5) is 52.9. The molecule has 3 amide bonds. The first-order valence-electron chi connectivity index (χ1n) is 16.3. The number of piperazine rings is 1. The summed E-state index contributed by atoms with van der Waals surface area (Å²) in [6, 6.07) is 7.01. The average molecular weight is 636 g/mol. The van der Waals surface area contributed by atoms with Gasteiger partial charge in [0.15, 0.2) is 0 Å². The first-order valence-corrected chi connectivity index (χ1v) is 16.3.